The van der Waals surface area contributed by atoms with Crippen LogP contribution >= 0.6 is 0 Å². The van der Waals surface area contributed by atoms with E-state index in [4.69, 9.17) is 0 Å². The molecule has 1 aromatic rings. The van der Waals surface area contributed by atoms with Crippen LogP contribution in [0.25, 0.3) is 0 Å². The molecule has 3 atom stereocenters. The molecule has 0 bridgehead atoms. The van der Waals surface area contributed by atoms with Gasteiger partial charge >= 0.3 is 0 Å². The number of carbonyl (C=O) groups excluding carboxylic acids is 4. The van der Waals surface area contributed by atoms with E-state index in [0.29, 0.717) is 23.2 Å². The normalized spacial score (nSPS) is 25.9. The SMILES string of the molecule is CCN(CC)[C@@H]1CCCC1N(C)c1ccc2c(c1)C(=O)N(C1CCC(=O)NC1=O)C2=O. The molecule has 1 aromatic carbocycles. The van der Waals surface area contributed by atoms with Crippen molar-refractivity contribution in [3.63, 3.8) is 0 Å². The Kier molecular flexibility index (Phi) is 5.83. The monoisotopic (exact) mass is 426 g/mol. The third-order valence-electron chi connectivity index (χ3n) is 7.05. The largest absolute Gasteiger partial charge is 0.370 e. The summed E-state index contributed by atoms with van der Waals surface area (Å²) in [6.45, 7) is 6.37. The quantitative estimate of drug-likeness (QED) is 0.698. The third-order valence-corrected chi connectivity index (χ3v) is 7.05. The lowest BCUT2D eigenvalue weighted by molar-refractivity contribution is -0.136. The average molecular weight is 427 g/mol. The number of piperidine rings is 1. The summed E-state index contributed by atoms with van der Waals surface area (Å²) in [5.41, 5.74) is 1.55. The molecule has 0 radical (unpaired) electrons. The van der Waals surface area contributed by atoms with Gasteiger partial charge in [0.25, 0.3) is 11.8 Å². The van der Waals surface area contributed by atoms with Gasteiger partial charge in [-0.3, -0.25) is 34.3 Å². The number of likely N-dealkylation sites (N-methyl/N-ethyl adjacent to an activating group) is 2. The number of amides is 4. The highest BCUT2D eigenvalue weighted by Gasteiger charge is 2.45. The van der Waals surface area contributed by atoms with Crippen LogP contribution < -0.4 is 10.2 Å². The van der Waals surface area contributed by atoms with Gasteiger partial charge in [-0.25, -0.2) is 0 Å². The zero-order chi connectivity index (χ0) is 22.3. The molecule has 2 fully saturated rings. The molecule has 4 amide bonds. The maximum atomic E-state index is 13.1. The lowest BCUT2D eigenvalue weighted by Crippen LogP contribution is -2.54. The molecule has 1 N–H and O–H groups in total. The maximum Gasteiger partial charge on any atom is 0.262 e. The standard InChI is InChI=1S/C23H30N4O4/c1-4-26(5-2)18-8-6-7-17(18)25(3)14-9-10-15-16(13-14)23(31)27(22(15)30)19-11-12-20(28)24-21(19)29/h9-10,13,17-19H,4-8,11-12H2,1-3H3,(H,24,28,29)/t17?,18-,19?/m1/s1. The van der Waals surface area contributed by atoms with Crippen molar-refractivity contribution >= 4 is 29.3 Å². The molecule has 3 aliphatic rings. The fourth-order valence-corrected chi connectivity index (χ4v) is 5.36. The topological polar surface area (TPSA) is 90.0 Å². The first kappa shape index (κ1) is 21.5. The van der Waals surface area contributed by atoms with Gasteiger partial charge in [-0.2, -0.15) is 0 Å². The molecule has 1 aliphatic carbocycles. The Morgan fingerprint density at radius 1 is 0.968 bits per heavy atom. The number of carbonyl (C=O) groups is 4. The zero-order valence-electron chi connectivity index (χ0n) is 18.4. The first-order valence-electron chi connectivity index (χ1n) is 11.2. The Hall–Kier alpha value is -2.74. The molecule has 8 nitrogen and oxygen atoms in total. The summed E-state index contributed by atoms with van der Waals surface area (Å²) in [4.78, 5) is 55.4. The molecule has 2 unspecified atom stereocenters. The van der Waals surface area contributed by atoms with Crippen LogP contribution in [0.2, 0.25) is 0 Å². The number of imide groups is 2. The minimum atomic E-state index is -0.937. The average Bonchev–Trinajstić information content (AvgIpc) is 3.33. The second-order valence-corrected chi connectivity index (χ2v) is 8.57. The van der Waals surface area contributed by atoms with Crippen LogP contribution in [-0.4, -0.2) is 71.7 Å². The molecule has 2 heterocycles. The van der Waals surface area contributed by atoms with Crippen molar-refractivity contribution < 1.29 is 19.2 Å². The summed E-state index contributed by atoms with van der Waals surface area (Å²) >= 11 is 0. The van der Waals surface area contributed by atoms with Crippen molar-refractivity contribution in [3.8, 4) is 0 Å². The molecule has 0 spiro atoms. The molecule has 2 aliphatic heterocycles. The van der Waals surface area contributed by atoms with Crippen molar-refractivity contribution in [1.29, 1.82) is 0 Å². The first-order chi connectivity index (χ1) is 14.9. The number of fused-ring (bicyclic) bond motifs is 1. The highest BCUT2D eigenvalue weighted by atomic mass is 16.2. The molecule has 166 valence electrons. The summed E-state index contributed by atoms with van der Waals surface area (Å²) in [5, 5.41) is 2.23. The van der Waals surface area contributed by atoms with E-state index in [1.54, 1.807) is 12.1 Å². The highest BCUT2D eigenvalue weighted by molar-refractivity contribution is 6.23. The van der Waals surface area contributed by atoms with E-state index in [2.05, 4.69) is 29.0 Å². The van der Waals surface area contributed by atoms with Gasteiger partial charge in [0.15, 0.2) is 0 Å². The van der Waals surface area contributed by atoms with Crippen molar-refractivity contribution in [2.75, 3.05) is 25.0 Å². The van der Waals surface area contributed by atoms with E-state index in [1.807, 2.05) is 13.1 Å². The van der Waals surface area contributed by atoms with Gasteiger partial charge in [-0.05, 0) is 57.0 Å². The summed E-state index contributed by atoms with van der Waals surface area (Å²) in [6.07, 6.45) is 3.69. The Morgan fingerprint density at radius 2 is 1.65 bits per heavy atom. The van der Waals surface area contributed by atoms with Gasteiger partial charge < -0.3 is 4.90 Å². The Bertz CT molecular complexity index is 926. The minimum absolute atomic E-state index is 0.117. The van der Waals surface area contributed by atoms with Gasteiger partial charge in [-0.1, -0.05) is 13.8 Å². The fourth-order valence-electron chi connectivity index (χ4n) is 5.36. The lowest BCUT2D eigenvalue weighted by atomic mass is 10.0. The Labute approximate surface area is 182 Å². The number of nitrogens with zero attached hydrogens (tertiary/aromatic N) is 3. The molecule has 1 saturated heterocycles. The molecule has 1 saturated carbocycles. The van der Waals surface area contributed by atoms with Gasteiger partial charge in [-0.15, -0.1) is 0 Å². The number of rotatable bonds is 6. The van der Waals surface area contributed by atoms with Crippen molar-refractivity contribution in [2.24, 2.45) is 0 Å². The third kappa shape index (κ3) is 3.63. The second-order valence-electron chi connectivity index (χ2n) is 8.57. The number of hydrogen-bond donors (Lipinski definition) is 1. The molecule has 4 rings (SSSR count). The predicted molar refractivity (Wildman–Crippen MR) is 116 cm³/mol. The van der Waals surface area contributed by atoms with Gasteiger partial charge in [0, 0.05) is 31.2 Å². The van der Waals surface area contributed by atoms with Gasteiger partial charge in [0.1, 0.15) is 6.04 Å². The molecular weight excluding hydrogens is 396 g/mol. The number of benzene rings is 1. The van der Waals surface area contributed by atoms with Gasteiger partial charge in [0.05, 0.1) is 11.1 Å². The van der Waals surface area contributed by atoms with Crippen LogP contribution in [0.3, 0.4) is 0 Å². The van der Waals surface area contributed by atoms with E-state index >= 15 is 0 Å². The molecule has 8 heteroatoms. The molecular formula is C23H30N4O4. The van der Waals surface area contributed by atoms with Crippen molar-refractivity contribution in [1.82, 2.24) is 15.1 Å². The van der Waals surface area contributed by atoms with E-state index in [1.165, 1.54) is 6.42 Å². The predicted octanol–water partition coefficient (Wildman–Crippen LogP) is 1.79. The summed E-state index contributed by atoms with van der Waals surface area (Å²) in [7, 11) is 2.05. The zero-order valence-corrected chi connectivity index (χ0v) is 18.4. The van der Waals surface area contributed by atoms with Crippen LogP contribution in [0, 0.1) is 0 Å². The smallest absolute Gasteiger partial charge is 0.262 e. The Morgan fingerprint density at radius 3 is 2.32 bits per heavy atom. The number of nitrogens with one attached hydrogen (secondary N) is 1. The Balaban J connectivity index is 1.58. The van der Waals surface area contributed by atoms with Crippen LogP contribution in [0.5, 0.6) is 0 Å². The van der Waals surface area contributed by atoms with Crippen LogP contribution in [-0.2, 0) is 9.59 Å². The van der Waals surface area contributed by atoms with E-state index < -0.39 is 23.8 Å². The minimum Gasteiger partial charge on any atom is -0.370 e. The van der Waals surface area contributed by atoms with Crippen molar-refractivity contribution in [2.45, 2.75) is 64.1 Å². The van der Waals surface area contributed by atoms with Crippen molar-refractivity contribution in [3.05, 3.63) is 29.3 Å². The van der Waals surface area contributed by atoms with Gasteiger partial charge in [0.2, 0.25) is 11.8 Å². The van der Waals surface area contributed by atoms with E-state index in [-0.39, 0.29) is 18.7 Å². The first-order valence-corrected chi connectivity index (χ1v) is 11.2. The summed E-state index contributed by atoms with van der Waals surface area (Å²) < 4.78 is 0. The number of anilines is 1. The fraction of sp³-hybridized carbons (Fsp3) is 0.565. The molecule has 0 aromatic heterocycles. The van der Waals surface area contributed by atoms with Crippen LogP contribution in [0.15, 0.2) is 18.2 Å². The molecule has 31 heavy (non-hydrogen) atoms. The second kappa shape index (κ2) is 8.42. The highest BCUT2D eigenvalue weighted by Crippen LogP contribution is 2.34. The lowest BCUT2D eigenvalue weighted by Gasteiger charge is -2.37. The number of hydrogen-bond acceptors (Lipinski definition) is 6. The van der Waals surface area contributed by atoms with E-state index in [0.717, 1.165) is 36.5 Å². The maximum absolute atomic E-state index is 13.1. The van der Waals surface area contributed by atoms with Crippen LogP contribution in [0.4, 0.5) is 5.69 Å². The van der Waals surface area contributed by atoms with Crippen LogP contribution in [0.1, 0.15) is 66.7 Å². The van der Waals surface area contributed by atoms with E-state index in [9.17, 15) is 19.2 Å². The summed E-state index contributed by atoms with van der Waals surface area (Å²) in [6, 6.07) is 5.22. The summed E-state index contributed by atoms with van der Waals surface area (Å²) in [5.74, 6) is -1.89.